The summed E-state index contributed by atoms with van der Waals surface area (Å²) >= 11 is 8.56. The van der Waals surface area contributed by atoms with Crippen molar-refractivity contribution in [3.63, 3.8) is 0 Å². The van der Waals surface area contributed by atoms with Crippen LogP contribution in [0.2, 0.25) is 5.02 Å². The van der Waals surface area contributed by atoms with Crippen molar-refractivity contribution in [1.82, 2.24) is 10.3 Å². The summed E-state index contributed by atoms with van der Waals surface area (Å²) in [4.78, 5) is 4.61. The van der Waals surface area contributed by atoms with Crippen LogP contribution in [0.4, 0.5) is 0 Å². The van der Waals surface area contributed by atoms with Crippen LogP contribution in [0.15, 0.2) is 36.5 Å². The molecular weight excluding hydrogens is 383 g/mol. The maximum Gasteiger partial charge on any atom is 0.0485 e. The summed E-state index contributed by atoms with van der Waals surface area (Å²) in [5.41, 5.74) is 3.89. The van der Waals surface area contributed by atoms with E-state index in [1.165, 1.54) is 20.4 Å². The van der Waals surface area contributed by atoms with E-state index in [2.05, 4.69) is 51.1 Å². The normalized spacial score (nSPS) is 18.9. The van der Waals surface area contributed by atoms with Gasteiger partial charge in [-0.05, 0) is 77.9 Å². The van der Waals surface area contributed by atoms with Crippen LogP contribution in [0.5, 0.6) is 0 Å². The van der Waals surface area contributed by atoms with Crippen LogP contribution < -0.4 is 5.32 Å². The first-order chi connectivity index (χ1) is 9.70. The number of benzene rings is 1. The van der Waals surface area contributed by atoms with Gasteiger partial charge >= 0.3 is 0 Å². The van der Waals surface area contributed by atoms with Crippen LogP contribution in [0, 0.1) is 3.57 Å². The van der Waals surface area contributed by atoms with Crippen molar-refractivity contribution in [2.75, 3.05) is 7.05 Å². The molecule has 2 atom stereocenters. The van der Waals surface area contributed by atoms with Crippen LogP contribution in [-0.4, -0.2) is 12.0 Å². The molecule has 1 aromatic heterocycles. The number of aromatic nitrogens is 1. The van der Waals surface area contributed by atoms with E-state index in [-0.39, 0.29) is 6.04 Å². The molecule has 3 rings (SSSR count). The van der Waals surface area contributed by atoms with Gasteiger partial charge in [0.2, 0.25) is 0 Å². The average Bonchev–Trinajstić information content (AvgIpc) is 2.88. The monoisotopic (exact) mass is 398 g/mol. The predicted octanol–water partition coefficient (Wildman–Crippen LogP) is 4.33. The Kier molecular flexibility index (Phi) is 4.29. The molecule has 2 aromatic rings. The van der Waals surface area contributed by atoms with Crippen molar-refractivity contribution in [3.8, 4) is 0 Å². The van der Waals surface area contributed by atoms with E-state index in [9.17, 15) is 0 Å². The minimum absolute atomic E-state index is 0.261. The molecule has 0 fully saturated rings. The van der Waals surface area contributed by atoms with Crippen molar-refractivity contribution in [2.24, 2.45) is 0 Å². The molecule has 1 aliphatic carbocycles. The maximum atomic E-state index is 6.18. The van der Waals surface area contributed by atoms with Crippen molar-refractivity contribution < 1.29 is 0 Å². The summed E-state index contributed by atoms with van der Waals surface area (Å²) in [6, 6.07) is 10.6. The number of nitrogens with one attached hydrogen (secondary N) is 1. The SMILES string of the molecule is CNC(c1cc(Cl)ccc1I)C1CCc2cccnc21. The van der Waals surface area contributed by atoms with E-state index < -0.39 is 0 Å². The molecule has 0 spiro atoms. The van der Waals surface area contributed by atoms with Gasteiger partial charge in [0.15, 0.2) is 0 Å². The highest BCUT2D eigenvalue weighted by Crippen LogP contribution is 2.41. The molecule has 0 bridgehead atoms. The Morgan fingerprint density at radius 1 is 1.40 bits per heavy atom. The Morgan fingerprint density at radius 2 is 2.25 bits per heavy atom. The highest BCUT2D eigenvalue weighted by Gasteiger charge is 2.32. The fraction of sp³-hybridized carbons (Fsp3) is 0.312. The summed E-state index contributed by atoms with van der Waals surface area (Å²) in [6.45, 7) is 0. The molecule has 0 aliphatic heterocycles. The Hall–Kier alpha value is -0.650. The number of fused-ring (bicyclic) bond motifs is 1. The van der Waals surface area contributed by atoms with E-state index in [0.717, 1.165) is 17.9 Å². The van der Waals surface area contributed by atoms with Crippen molar-refractivity contribution in [3.05, 3.63) is 61.9 Å². The fourth-order valence-electron chi connectivity index (χ4n) is 3.09. The first-order valence-electron chi connectivity index (χ1n) is 6.76. The maximum absolute atomic E-state index is 6.18. The summed E-state index contributed by atoms with van der Waals surface area (Å²) < 4.78 is 1.25. The largest absolute Gasteiger partial charge is 0.312 e. The smallest absolute Gasteiger partial charge is 0.0485 e. The molecule has 0 saturated heterocycles. The third-order valence-corrected chi connectivity index (χ3v) is 5.23. The number of halogens is 2. The third-order valence-electron chi connectivity index (χ3n) is 4.01. The van der Waals surface area contributed by atoms with Crippen molar-refractivity contribution in [2.45, 2.75) is 24.8 Å². The van der Waals surface area contributed by atoms with E-state index in [4.69, 9.17) is 11.6 Å². The number of pyridine rings is 1. The summed E-state index contributed by atoms with van der Waals surface area (Å²) in [5.74, 6) is 0.420. The minimum atomic E-state index is 0.261. The zero-order valence-corrected chi connectivity index (χ0v) is 14.1. The van der Waals surface area contributed by atoms with E-state index in [1.54, 1.807) is 0 Å². The molecule has 1 aliphatic rings. The molecule has 1 aromatic carbocycles. The molecule has 1 heterocycles. The quantitative estimate of drug-likeness (QED) is 0.779. The highest BCUT2D eigenvalue weighted by molar-refractivity contribution is 14.1. The number of nitrogens with zero attached hydrogens (tertiary/aromatic N) is 1. The lowest BCUT2D eigenvalue weighted by molar-refractivity contribution is 0.468. The van der Waals surface area contributed by atoms with Gasteiger partial charge in [-0.1, -0.05) is 17.7 Å². The van der Waals surface area contributed by atoms with Gasteiger partial charge < -0.3 is 5.32 Å². The van der Waals surface area contributed by atoms with Gasteiger partial charge in [-0.2, -0.15) is 0 Å². The first kappa shape index (κ1) is 14.3. The Labute approximate surface area is 138 Å². The second kappa shape index (κ2) is 6.00. The van der Waals surface area contributed by atoms with E-state index >= 15 is 0 Å². The minimum Gasteiger partial charge on any atom is -0.312 e. The fourth-order valence-corrected chi connectivity index (χ4v) is 3.95. The molecule has 0 radical (unpaired) electrons. The summed E-state index contributed by atoms with van der Waals surface area (Å²) in [5, 5.41) is 4.26. The van der Waals surface area contributed by atoms with Crippen molar-refractivity contribution >= 4 is 34.2 Å². The van der Waals surface area contributed by atoms with Crippen LogP contribution in [0.25, 0.3) is 0 Å². The Bertz CT molecular complexity index is 630. The molecule has 104 valence electrons. The standard InChI is InChI=1S/C16H16ClIN2/c1-19-16(13-9-11(17)5-7-14(13)18)12-6-4-10-3-2-8-20-15(10)12/h2-3,5,7-9,12,16,19H,4,6H2,1H3. The van der Waals surface area contributed by atoms with Crippen LogP contribution in [0.3, 0.4) is 0 Å². The zero-order chi connectivity index (χ0) is 14.1. The molecule has 4 heteroatoms. The first-order valence-corrected chi connectivity index (χ1v) is 8.22. The highest BCUT2D eigenvalue weighted by atomic mass is 127. The molecule has 1 N–H and O–H groups in total. The summed E-state index contributed by atoms with van der Waals surface area (Å²) in [6.07, 6.45) is 4.15. The molecule has 2 unspecified atom stereocenters. The van der Waals surface area contributed by atoms with Gasteiger partial charge in [-0.3, -0.25) is 4.98 Å². The van der Waals surface area contributed by atoms with E-state index in [1.807, 2.05) is 25.4 Å². The van der Waals surface area contributed by atoms with Gasteiger partial charge in [-0.25, -0.2) is 0 Å². The second-order valence-corrected chi connectivity index (χ2v) is 6.72. The number of likely N-dealkylation sites (N-methyl/N-ethyl adjacent to an activating group) is 1. The number of hydrogen-bond acceptors (Lipinski definition) is 2. The molecular formula is C16H16ClIN2. The molecule has 0 saturated carbocycles. The third kappa shape index (κ3) is 2.59. The average molecular weight is 399 g/mol. The molecule has 2 nitrogen and oxygen atoms in total. The van der Waals surface area contributed by atoms with Gasteiger partial charge in [0.1, 0.15) is 0 Å². The lowest BCUT2D eigenvalue weighted by Crippen LogP contribution is -2.24. The van der Waals surface area contributed by atoms with Crippen LogP contribution >= 0.6 is 34.2 Å². The predicted molar refractivity (Wildman–Crippen MR) is 91.3 cm³/mol. The van der Waals surface area contributed by atoms with E-state index in [0.29, 0.717) is 5.92 Å². The topological polar surface area (TPSA) is 24.9 Å². The molecule has 20 heavy (non-hydrogen) atoms. The summed E-state index contributed by atoms with van der Waals surface area (Å²) in [7, 11) is 2.02. The Morgan fingerprint density at radius 3 is 3.05 bits per heavy atom. The van der Waals surface area contributed by atoms with Gasteiger partial charge in [-0.15, -0.1) is 0 Å². The number of hydrogen-bond donors (Lipinski definition) is 1. The lowest BCUT2D eigenvalue weighted by Gasteiger charge is -2.25. The lowest BCUT2D eigenvalue weighted by atomic mass is 9.91. The van der Waals surface area contributed by atoms with Crippen LogP contribution in [-0.2, 0) is 6.42 Å². The Balaban J connectivity index is 2.01. The number of rotatable bonds is 3. The number of aryl methyl sites for hydroxylation is 1. The van der Waals surface area contributed by atoms with Gasteiger partial charge in [0.05, 0.1) is 0 Å². The van der Waals surface area contributed by atoms with Crippen molar-refractivity contribution in [1.29, 1.82) is 0 Å². The second-order valence-electron chi connectivity index (χ2n) is 5.13. The molecule has 0 amide bonds. The van der Waals surface area contributed by atoms with Gasteiger partial charge in [0.25, 0.3) is 0 Å². The van der Waals surface area contributed by atoms with Crippen LogP contribution in [0.1, 0.15) is 35.2 Å². The zero-order valence-electron chi connectivity index (χ0n) is 11.2. The van der Waals surface area contributed by atoms with Gasteiger partial charge in [0, 0.05) is 32.4 Å².